The largest absolute Gasteiger partial charge is 0.418 e. The van der Waals surface area contributed by atoms with Crippen molar-refractivity contribution in [3.63, 3.8) is 0 Å². The van der Waals surface area contributed by atoms with Crippen molar-refractivity contribution in [2.24, 2.45) is 0 Å². The number of aromatic nitrogens is 2. The maximum absolute atomic E-state index is 16.7. The van der Waals surface area contributed by atoms with E-state index in [-0.39, 0.29) is 67.0 Å². The highest BCUT2D eigenvalue weighted by molar-refractivity contribution is 6.14. The summed E-state index contributed by atoms with van der Waals surface area (Å²) in [6.07, 6.45) is -5.04. The van der Waals surface area contributed by atoms with E-state index in [1.165, 1.54) is 34.9 Å². The van der Waals surface area contributed by atoms with Crippen molar-refractivity contribution in [3.05, 3.63) is 238 Å². The Balaban J connectivity index is 1.19. The van der Waals surface area contributed by atoms with Crippen LogP contribution in [0.4, 0.5) is 13.2 Å². The first-order valence-electron chi connectivity index (χ1n) is 25.6. The molecule has 0 saturated heterocycles. The molecule has 0 spiro atoms. The Kier molecular flexibility index (Phi) is 12.5. The number of benzene rings is 10. The van der Waals surface area contributed by atoms with E-state index in [2.05, 4.69) is 54.6 Å². The number of hydrogen-bond acceptors (Lipinski definition) is 9. The zero-order valence-corrected chi connectivity index (χ0v) is 43.4. The highest BCUT2D eigenvalue weighted by Gasteiger charge is 2.37. The van der Waals surface area contributed by atoms with Crippen molar-refractivity contribution in [2.75, 3.05) is 0 Å². The molecule has 12 rings (SSSR count). The van der Waals surface area contributed by atoms with Gasteiger partial charge in [0.05, 0.1) is 144 Å². The van der Waals surface area contributed by atoms with Crippen molar-refractivity contribution in [1.82, 2.24) is 9.13 Å². The van der Waals surface area contributed by atoms with E-state index in [9.17, 15) is 47.4 Å². The molecular formula is C70H30F3N11. The Morgan fingerprint density at radius 3 is 0.893 bits per heavy atom. The van der Waals surface area contributed by atoms with E-state index in [1.807, 2.05) is 12.1 Å². The number of rotatable bonds is 7. The summed E-state index contributed by atoms with van der Waals surface area (Å²) in [6.45, 7) is 0. The van der Waals surface area contributed by atoms with Gasteiger partial charge in [0.15, 0.2) is 0 Å². The predicted octanol–water partition coefficient (Wildman–Crippen LogP) is 16.1. The lowest BCUT2D eigenvalue weighted by Gasteiger charge is -2.22. The molecule has 10 aromatic carbocycles. The molecule has 0 amide bonds. The van der Waals surface area contributed by atoms with Gasteiger partial charge in [0.1, 0.15) is 0 Å². The van der Waals surface area contributed by atoms with Crippen LogP contribution in [0.3, 0.4) is 0 Å². The molecule has 0 aliphatic rings. The smallest absolute Gasteiger partial charge is 0.309 e. The number of hydrogen-bond donors (Lipinski definition) is 0. The first kappa shape index (κ1) is 51.7. The van der Waals surface area contributed by atoms with Crippen molar-refractivity contribution < 1.29 is 13.2 Å². The minimum absolute atomic E-state index is 0.0777. The summed E-state index contributed by atoms with van der Waals surface area (Å²) in [5.41, 5.74) is 7.34. The summed E-state index contributed by atoms with van der Waals surface area (Å²) >= 11 is 0. The summed E-state index contributed by atoms with van der Waals surface area (Å²) < 4.78 is 53.3. The topological polar surface area (TPSA) is 224 Å². The Labute approximate surface area is 476 Å². The van der Waals surface area contributed by atoms with E-state index in [0.717, 1.165) is 6.07 Å². The molecule has 0 unspecified atom stereocenters. The third-order valence-electron chi connectivity index (χ3n) is 15.1. The highest BCUT2D eigenvalue weighted by atomic mass is 19.4. The summed E-state index contributed by atoms with van der Waals surface area (Å²) in [5, 5.41) is 92.2. The van der Waals surface area contributed by atoms with Crippen LogP contribution in [0.25, 0.3) is 111 Å². The second-order valence-corrected chi connectivity index (χ2v) is 19.6. The average molecular weight is 1080 g/mol. The van der Waals surface area contributed by atoms with Gasteiger partial charge in [-0.05, 0) is 171 Å². The Morgan fingerprint density at radius 2 is 0.583 bits per heavy atom. The van der Waals surface area contributed by atoms with Crippen LogP contribution in [-0.2, 0) is 6.18 Å². The summed E-state index contributed by atoms with van der Waals surface area (Å²) in [6, 6.07) is 68.0. The highest BCUT2D eigenvalue weighted by Crippen LogP contribution is 2.47. The maximum Gasteiger partial charge on any atom is 0.418 e. The zero-order valence-electron chi connectivity index (χ0n) is 43.4. The van der Waals surface area contributed by atoms with E-state index in [0.29, 0.717) is 93.7 Å². The number of alkyl halides is 3. The second-order valence-electron chi connectivity index (χ2n) is 19.6. The van der Waals surface area contributed by atoms with E-state index >= 15 is 13.2 Å². The van der Waals surface area contributed by atoms with Gasteiger partial charge in [-0.1, -0.05) is 60.7 Å². The normalized spacial score (nSPS) is 10.9. The number of fused-ring (bicyclic) bond motifs is 6. The molecule has 0 fully saturated rings. The Hall–Kier alpha value is -13.0. The maximum atomic E-state index is 16.7. The van der Waals surface area contributed by atoms with Crippen molar-refractivity contribution in [3.8, 4) is 122 Å². The average Bonchev–Trinajstić information content (AvgIpc) is 2.52. The molecular weight excluding hydrogens is 1050 g/mol. The molecule has 0 bridgehead atoms. The standard InChI is InChI=1S/C70H30F3N11/c71-70(72,73)63-30-68(83-64-16-8-46(54-12-4-41(32-75)21-50(54)36-79)25-59(64)60-26-47(9-17-65(60)83)55-13-5-42(33-76)22-51(55)37-80)58(45-3-1-2-40(20-45)31-74)29-69(63)84-66-18-10-48(56-14-6-43(34-77)23-52(56)38-81)27-61(66)62-28-49(11-19-67(62)84)57-15-7-44(35-78)24-53(57)39-82/h1-30H. The van der Waals surface area contributed by atoms with Gasteiger partial charge in [-0.15, -0.1) is 0 Å². The minimum atomic E-state index is -5.04. The van der Waals surface area contributed by atoms with Crippen LogP contribution in [0.15, 0.2) is 182 Å². The summed E-state index contributed by atoms with van der Waals surface area (Å²) in [7, 11) is 0. The van der Waals surface area contributed by atoms with Crippen LogP contribution in [0.5, 0.6) is 0 Å². The molecule has 2 heterocycles. The first-order valence-corrected chi connectivity index (χ1v) is 25.6. The molecule has 11 nitrogen and oxygen atoms in total. The second kappa shape index (κ2) is 20.3. The molecule has 0 atom stereocenters. The fourth-order valence-corrected chi connectivity index (χ4v) is 11.2. The van der Waals surface area contributed by atoms with Gasteiger partial charge >= 0.3 is 6.18 Å². The van der Waals surface area contributed by atoms with Crippen molar-refractivity contribution in [1.29, 1.82) is 47.4 Å². The molecule has 0 N–H and O–H groups in total. The SMILES string of the molecule is N#Cc1cccc(-c2cc(-n3c4ccc(-c5ccc(C#N)cc5C#N)cc4c4cc(-c5ccc(C#N)cc5C#N)ccc43)c(C(F)(F)F)cc2-n2c3ccc(-c4ccc(C#N)cc4C#N)cc3c3cc(-c4ccc(C#N)cc4C#N)ccc32)c1. The quantitative estimate of drug-likeness (QED) is 0.148. The molecule has 2 aromatic heterocycles. The van der Waals surface area contributed by atoms with Gasteiger partial charge in [0.2, 0.25) is 0 Å². The Morgan fingerprint density at radius 1 is 0.274 bits per heavy atom. The fraction of sp³-hybridized carbons (Fsp3) is 0.0143. The first-order chi connectivity index (χ1) is 40.8. The van der Waals surface area contributed by atoms with Crippen LogP contribution in [0.1, 0.15) is 55.6 Å². The molecule has 14 heteroatoms. The molecule has 0 aliphatic heterocycles. The minimum Gasteiger partial charge on any atom is -0.309 e. The predicted molar refractivity (Wildman–Crippen MR) is 310 cm³/mol. The van der Waals surface area contributed by atoms with E-state index in [4.69, 9.17) is 0 Å². The molecule has 12 aromatic rings. The lowest BCUT2D eigenvalue weighted by molar-refractivity contribution is -0.137. The number of halogens is 3. The lowest BCUT2D eigenvalue weighted by Crippen LogP contribution is -2.13. The number of nitrogens with zero attached hydrogens (tertiary/aromatic N) is 11. The van der Waals surface area contributed by atoms with E-state index in [1.54, 1.807) is 138 Å². The van der Waals surface area contributed by atoms with Crippen molar-refractivity contribution in [2.45, 2.75) is 6.18 Å². The lowest BCUT2D eigenvalue weighted by atomic mass is 9.95. The molecule has 386 valence electrons. The number of nitriles is 9. The summed E-state index contributed by atoms with van der Waals surface area (Å²) in [4.78, 5) is 0. The third kappa shape index (κ3) is 8.57. The monoisotopic (exact) mass is 1080 g/mol. The van der Waals surface area contributed by atoms with Crippen LogP contribution in [0, 0.1) is 102 Å². The molecule has 0 aliphatic carbocycles. The van der Waals surface area contributed by atoms with Crippen LogP contribution in [-0.4, -0.2) is 9.13 Å². The van der Waals surface area contributed by atoms with Gasteiger partial charge in [-0.3, -0.25) is 0 Å². The van der Waals surface area contributed by atoms with Gasteiger partial charge in [0.25, 0.3) is 0 Å². The molecule has 84 heavy (non-hydrogen) atoms. The van der Waals surface area contributed by atoms with Crippen LogP contribution in [0.2, 0.25) is 0 Å². The zero-order chi connectivity index (χ0) is 58.6. The van der Waals surface area contributed by atoms with Crippen LogP contribution >= 0.6 is 0 Å². The van der Waals surface area contributed by atoms with Gasteiger partial charge in [-0.2, -0.15) is 60.5 Å². The van der Waals surface area contributed by atoms with Gasteiger partial charge < -0.3 is 9.13 Å². The summed E-state index contributed by atoms with van der Waals surface area (Å²) in [5.74, 6) is 0. The molecule has 0 radical (unpaired) electrons. The van der Waals surface area contributed by atoms with Gasteiger partial charge in [-0.25, -0.2) is 0 Å². The third-order valence-corrected chi connectivity index (χ3v) is 15.1. The molecule has 0 saturated carbocycles. The van der Waals surface area contributed by atoms with Gasteiger partial charge in [0, 0.05) is 27.1 Å². The van der Waals surface area contributed by atoms with Crippen LogP contribution < -0.4 is 0 Å². The van der Waals surface area contributed by atoms with E-state index < -0.39 is 11.7 Å². The van der Waals surface area contributed by atoms with Crippen molar-refractivity contribution >= 4 is 43.6 Å². The fourth-order valence-electron chi connectivity index (χ4n) is 11.2. The Bertz CT molecular complexity index is 5060.